The lowest BCUT2D eigenvalue weighted by molar-refractivity contribution is -0.140. The number of H-pyrrole nitrogens is 1. The summed E-state index contributed by atoms with van der Waals surface area (Å²) in [5.74, 6) is -1.05. The lowest BCUT2D eigenvalue weighted by Gasteiger charge is -2.46. The van der Waals surface area contributed by atoms with Gasteiger partial charge >= 0.3 is 0 Å². The van der Waals surface area contributed by atoms with Crippen LogP contribution in [-0.2, 0) is 10.3 Å². The van der Waals surface area contributed by atoms with Gasteiger partial charge in [-0.3, -0.25) is 14.8 Å². The summed E-state index contributed by atoms with van der Waals surface area (Å²) in [7, 11) is 1.48. The van der Waals surface area contributed by atoms with E-state index in [1.54, 1.807) is 20.8 Å². The zero-order valence-electron chi connectivity index (χ0n) is 16.8. The maximum Gasteiger partial charge on any atom is 0.264 e. The van der Waals surface area contributed by atoms with E-state index in [4.69, 9.17) is 17.3 Å². The molecule has 1 aliphatic heterocycles. The molecule has 1 unspecified atom stereocenters. The first kappa shape index (κ1) is 21.9. The standard InChI is InChI=1S/C19H22ClF3N6O/c1-18(2)16(30)29(4)17(24)27-19(18,3)10-7-9(5-6-12(10)21)26-14(15(22)23)13-11(20)8-25-28-13/h5-8,14-15,26H,1-4H3,(H2,24,27)(H,25,28)/t14?,19-/m1/s1. The van der Waals surface area contributed by atoms with Crippen molar-refractivity contribution in [1.82, 2.24) is 15.1 Å². The van der Waals surface area contributed by atoms with Crippen molar-refractivity contribution in [3.8, 4) is 0 Å². The Morgan fingerprint density at radius 1 is 1.30 bits per heavy atom. The molecule has 4 N–H and O–H groups in total. The number of guanidine groups is 1. The second-order valence-corrected chi connectivity index (χ2v) is 8.21. The lowest BCUT2D eigenvalue weighted by Crippen LogP contribution is -2.58. The Hall–Kier alpha value is -2.75. The van der Waals surface area contributed by atoms with Gasteiger partial charge in [-0.25, -0.2) is 18.2 Å². The molecule has 0 saturated carbocycles. The van der Waals surface area contributed by atoms with Crippen molar-refractivity contribution in [3.63, 3.8) is 0 Å². The minimum absolute atomic E-state index is 0.0431. The van der Waals surface area contributed by atoms with Crippen molar-refractivity contribution < 1.29 is 18.0 Å². The number of amides is 1. The van der Waals surface area contributed by atoms with E-state index in [-0.39, 0.29) is 33.8 Å². The Bertz CT molecular complexity index is 1010. The van der Waals surface area contributed by atoms with E-state index in [0.717, 1.165) is 6.07 Å². The van der Waals surface area contributed by atoms with E-state index in [0.29, 0.717) is 0 Å². The second-order valence-electron chi connectivity index (χ2n) is 7.80. The van der Waals surface area contributed by atoms with Crippen molar-refractivity contribution in [2.75, 3.05) is 12.4 Å². The van der Waals surface area contributed by atoms with Gasteiger partial charge in [0, 0.05) is 24.5 Å². The molecule has 30 heavy (non-hydrogen) atoms. The maximum atomic E-state index is 14.9. The van der Waals surface area contributed by atoms with Gasteiger partial charge < -0.3 is 11.1 Å². The number of benzene rings is 1. The van der Waals surface area contributed by atoms with Crippen LogP contribution in [0.25, 0.3) is 0 Å². The van der Waals surface area contributed by atoms with E-state index in [2.05, 4.69) is 20.5 Å². The molecule has 0 radical (unpaired) electrons. The van der Waals surface area contributed by atoms with Crippen LogP contribution in [0.2, 0.25) is 5.02 Å². The van der Waals surface area contributed by atoms with Gasteiger partial charge in [-0.2, -0.15) is 5.10 Å². The van der Waals surface area contributed by atoms with Crippen LogP contribution in [0.15, 0.2) is 29.4 Å². The van der Waals surface area contributed by atoms with Crippen LogP contribution in [0.4, 0.5) is 18.9 Å². The van der Waals surface area contributed by atoms with Crippen molar-refractivity contribution in [2.45, 2.75) is 38.8 Å². The van der Waals surface area contributed by atoms with Crippen LogP contribution in [0.5, 0.6) is 0 Å². The molecule has 3 rings (SSSR count). The summed E-state index contributed by atoms with van der Waals surface area (Å²) < 4.78 is 42.2. The van der Waals surface area contributed by atoms with E-state index in [1.165, 1.54) is 30.3 Å². The molecule has 2 atom stereocenters. The number of aromatic nitrogens is 2. The summed E-state index contributed by atoms with van der Waals surface area (Å²) in [6, 6.07) is 2.26. The first-order chi connectivity index (χ1) is 13.9. The summed E-state index contributed by atoms with van der Waals surface area (Å²) in [6.07, 6.45) is -1.56. The Morgan fingerprint density at radius 2 is 1.97 bits per heavy atom. The number of aromatic amines is 1. The normalized spacial score (nSPS) is 22.2. The number of carbonyl (C=O) groups excluding carboxylic acids is 1. The summed E-state index contributed by atoms with van der Waals surface area (Å²) in [4.78, 5) is 18.4. The van der Waals surface area contributed by atoms with E-state index >= 15 is 0 Å². The highest BCUT2D eigenvalue weighted by Gasteiger charge is 2.53. The minimum Gasteiger partial charge on any atom is -0.372 e. The first-order valence-electron chi connectivity index (χ1n) is 9.07. The fraction of sp³-hybridized carbons (Fsp3) is 0.421. The number of nitrogens with zero attached hydrogens (tertiary/aromatic N) is 3. The maximum absolute atomic E-state index is 14.9. The topological polar surface area (TPSA) is 99.4 Å². The lowest BCUT2D eigenvalue weighted by atomic mass is 9.67. The quantitative estimate of drug-likeness (QED) is 0.658. The van der Waals surface area contributed by atoms with Crippen molar-refractivity contribution in [1.29, 1.82) is 0 Å². The van der Waals surface area contributed by atoms with Crippen LogP contribution in [0, 0.1) is 11.2 Å². The SMILES string of the molecule is CN1C(=O)C(C)(C)[C@@](C)(c2cc(NC(c3n[nH]cc3Cl)C(F)F)ccc2F)N=C1N. The van der Waals surface area contributed by atoms with Crippen molar-refractivity contribution in [3.05, 3.63) is 46.5 Å². The number of halogens is 4. The molecule has 162 valence electrons. The van der Waals surface area contributed by atoms with E-state index in [9.17, 15) is 18.0 Å². The molecule has 0 bridgehead atoms. The molecule has 0 spiro atoms. The number of carbonyl (C=O) groups is 1. The van der Waals surface area contributed by atoms with Gasteiger partial charge in [0.15, 0.2) is 5.96 Å². The Labute approximate surface area is 176 Å². The zero-order valence-corrected chi connectivity index (χ0v) is 17.6. The molecule has 2 aromatic rings. The number of aliphatic imine (C=N–C) groups is 1. The number of rotatable bonds is 5. The Kier molecular flexibility index (Phi) is 5.48. The monoisotopic (exact) mass is 442 g/mol. The molecular weight excluding hydrogens is 421 g/mol. The average Bonchev–Trinajstić information content (AvgIpc) is 3.09. The first-order valence-corrected chi connectivity index (χ1v) is 9.45. The smallest absolute Gasteiger partial charge is 0.264 e. The van der Waals surface area contributed by atoms with Crippen LogP contribution in [0.1, 0.15) is 38.1 Å². The molecule has 0 fully saturated rings. The number of nitrogens with two attached hydrogens (primary N) is 1. The number of nitrogens with one attached hydrogen (secondary N) is 2. The third kappa shape index (κ3) is 3.38. The molecule has 1 amide bonds. The van der Waals surface area contributed by atoms with Gasteiger partial charge in [0.1, 0.15) is 23.1 Å². The van der Waals surface area contributed by atoms with Gasteiger partial charge in [-0.05, 0) is 39.0 Å². The molecule has 0 aliphatic carbocycles. The largest absolute Gasteiger partial charge is 0.372 e. The number of anilines is 1. The zero-order chi connectivity index (χ0) is 22.4. The highest BCUT2D eigenvalue weighted by Crippen LogP contribution is 2.48. The molecule has 0 saturated heterocycles. The third-order valence-corrected chi connectivity index (χ3v) is 6.02. The molecule has 7 nitrogen and oxygen atoms in total. The molecule has 1 aromatic heterocycles. The Balaban J connectivity index is 2.07. The molecule has 2 heterocycles. The summed E-state index contributed by atoms with van der Waals surface area (Å²) in [5.41, 5.74) is 3.52. The summed E-state index contributed by atoms with van der Waals surface area (Å²) in [5, 5.41) is 8.89. The molecule has 1 aromatic carbocycles. The van der Waals surface area contributed by atoms with Crippen LogP contribution in [0.3, 0.4) is 0 Å². The van der Waals surface area contributed by atoms with Crippen LogP contribution >= 0.6 is 11.6 Å². The van der Waals surface area contributed by atoms with Crippen molar-refractivity contribution >= 4 is 29.2 Å². The van der Waals surface area contributed by atoms with Gasteiger partial charge in [0.25, 0.3) is 6.43 Å². The van der Waals surface area contributed by atoms with Crippen LogP contribution in [-0.4, -0.2) is 40.4 Å². The van der Waals surface area contributed by atoms with Gasteiger partial charge in [-0.15, -0.1) is 0 Å². The average molecular weight is 443 g/mol. The van der Waals surface area contributed by atoms with Gasteiger partial charge in [0.05, 0.1) is 10.4 Å². The number of hydrogen-bond donors (Lipinski definition) is 3. The van der Waals surface area contributed by atoms with E-state index < -0.39 is 29.2 Å². The fourth-order valence-electron chi connectivity index (χ4n) is 3.49. The fourth-order valence-corrected chi connectivity index (χ4v) is 3.70. The molecule has 1 aliphatic rings. The minimum atomic E-state index is -2.84. The second kappa shape index (κ2) is 7.50. The number of alkyl halides is 2. The van der Waals surface area contributed by atoms with Gasteiger partial charge in [0.2, 0.25) is 5.91 Å². The number of hydrogen-bond acceptors (Lipinski definition) is 5. The predicted octanol–water partition coefficient (Wildman–Crippen LogP) is 3.65. The summed E-state index contributed by atoms with van der Waals surface area (Å²) in [6.45, 7) is 4.85. The molecular formula is C19H22ClF3N6O. The third-order valence-electron chi connectivity index (χ3n) is 5.72. The Morgan fingerprint density at radius 3 is 2.53 bits per heavy atom. The van der Waals surface area contributed by atoms with Gasteiger partial charge in [-0.1, -0.05) is 11.6 Å². The van der Waals surface area contributed by atoms with Crippen LogP contribution < -0.4 is 11.1 Å². The highest BCUT2D eigenvalue weighted by molar-refractivity contribution is 6.31. The summed E-state index contributed by atoms with van der Waals surface area (Å²) >= 11 is 5.93. The highest BCUT2D eigenvalue weighted by atomic mass is 35.5. The van der Waals surface area contributed by atoms with E-state index in [1.807, 2.05) is 0 Å². The van der Waals surface area contributed by atoms with Crippen molar-refractivity contribution in [2.24, 2.45) is 16.1 Å². The molecule has 11 heteroatoms. The predicted molar refractivity (Wildman–Crippen MR) is 108 cm³/mol.